The summed E-state index contributed by atoms with van der Waals surface area (Å²) in [6, 6.07) is 0. The molecule has 1 atom stereocenters. The number of unbranched alkanes of at least 4 members (excludes halogenated alkanes) is 3. The summed E-state index contributed by atoms with van der Waals surface area (Å²) in [5.74, 6) is 0. The van der Waals surface area contributed by atoms with Crippen molar-refractivity contribution in [3.05, 3.63) is 0 Å². The van der Waals surface area contributed by atoms with Gasteiger partial charge in [-0.05, 0) is 6.42 Å². The largest absolute Gasteiger partial charge is 0.330 e. The molecular weight excluding hydrogens is 150 g/mol. The van der Waals surface area contributed by atoms with Gasteiger partial charge in [-0.1, -0.05) is 26.2 Å². The maximum Gasteiger partial charge on any atom is 0.188 e. The molecule has 0 bridgehead atoms. The van der Waals surface area contributed by atoms with E-state index in [0.717, 1.165) is 6.61 Å². The molecule has 0 aromatic heterocycles. The first-order valence-corrected chi connectivity index (χ1v) is 5.10. The van der Waals surface area contributed by atoms with Crippen molar-refractivity contribution in [1.29, 1.82) is 0 Å². The molecule has 2 nitrogen and oxygen atoms in total. The molecule has 74 valence electrons. The zero-order valence-electron chi connectivity index (χ0n) is 9.02. The second-order valence-electron chi connectivity index (χ2n) is 3.65. The molecule has 2 heteroatoms. The van der Waals surface area contributed by atoms with Gasteiger partial charge < -0.3 is 9.64 Å². The van der Waals surface area contributed by atoms with Crippen molar-refractivity contribution >= 4 is 0 Å². The molecule has 0 fully saturated rings. The van der Waals surface area contributed by atoms with Crippen molar-refractivity contribution < 1.29 is 9.64 Å². The van der Waals surface area contributed by atoms with Crippen LogP contribution in [0.4, 0.5) is 0 Å². The third kappa shape index (κ3) is 6.62. The fraction of sp³-hybridized carbons (Fsp3) is 1.00. The van der Waals surface area contributed by atoms with Crippen LogP contribution >= 0.6 is 0 Å². The Bertz CT molecular complexity index is 93.8. The van der Waals surface area contributed by atoms with Gasteiger partial charge >= 0.3 is 0 Å². The average Bonchev–Trinajstić information content (AvgIpc) is 2.03. The number of hydrogen-bond acceptors (Lipinski definition) is 1. The van der Waals surface area contributed by atoms with E-state index in [0.29, 0.717) is 6.23 Å². The van der Waals surface area contributed by atoms with Gasteiger partial charge in [0.1, 0.15) is 0 Å². The lowest BCUT2D eigenvalue weighted by atomic mass is 10.2. The molecule has 0 aliphatic rings. The lowest BCUT2D eigenvalue weighted by Gasteiger charge is -2.16. The van der Waals surface area contributed by atoms with Gasteiger partial charge in [0.2, 0.25) is 0 Å². The third-order valence-corrected chi connectivity index (χ3v) is 2.18. The van der Waals surface area contributed by atoms with Crippen molar-refractivity contribution in [2.75, 3.05) is 20.7 Å². The van der Waals surface area contributed by atoms with Gasteiger partial charge in [-0.2, -0.15) is 0 Å². The summed E-state index contributed by atoms with van der Waals surface area (Å²) < 4.78 is 5.61. The molecule has 0 spiro atoms. The van der Waals surface area contributed by atoms with E-state index in [9.17, 15) is 0 Å². The fourth-order valence-corrected chi connectivity index (χ4v) is 0.956. The van der Waals surface area contributed by atoms with Crippen LogP contribution in [0, 0.1) is 0 Å². The van der Waals surface area contributed by atoms with E-state index >= 15 is 0 Å². The molecule has 1 unspecified atom stereocenters. The SMILES string of the molecule is CCCCCCOC(C)[NH+](C)C. The van der Waals surface area contributed by atoms with Crippen molar-refractivity contribution in [3.63, 3.8) is 0 Å². The number of hydrogen-bond donors (Lipinski definition) is 1. The number of quaternary nitrogens is 1. The second-order valence-corrected chi connectivity index (χ2v) is 3.65. The van der Waals surface area contributed by atoms with E-state index < -0.39 is 0 Å². The summed E-state index contributed by atoms with van der Waals surface area (Å²) in [5.41, 5.74) is 0. The summed E-state index contributed by atoms with van der Waals surface area (Å²) in [7, 11) is 4.24. The molecular formula is C10H24NO+. The highest BCUT2D eigenvalue weighted by Crippen LogP contribution is 1.98. The molecule has 12 heavy (non-hydrogen) atoms. The van der Waals surface area contributed by atoms with Crippen LogP contribution in [-0.2, 0) is 4.74 Å². The maximum absolute atomic E-state index is 5.61. The molecule has 0 rings (SSSR count). The Morgan fingerprint density at radius 3 is 2.33 bits per heavy atom. The van der Waals surface area contributed by atoms with Gasteiger partial charge in [0.05, 0.1) is 20.7 Å². The lowest BCUT2D eigenvalue weighted by Crippen LogP contribution is -3.09. The predicted octanol–water partition coefficient (Wildman–Crippen LogP) is 1.07. The van der Waals surface area contributed by atoms with Crippen molar-refractivity contribution in [2.24, 2.45) is 0 Å². The summed E-state index contributed by atoms with van der Waals surface area (Å²) in [6.45, 7) is 5.27. The smallest absolute Gasteiger partial charge is 0.188 e. The van der Waals surface area contributed by atoms with Crippen LogP contribution in [0.15, 0.2) is 0 Å². The quantitative estimate of drug-likeness (QED) is 0.450. The molecule has 0 amide bonds. The van der Waals surface area contributed by atoms with Crippen LogP contribution in [0.3, 0.4) is 0 Å². The summed E-state index contributed by atoms with van der Waals surface area (Å²) >= 11 is 0. The fourth-order valence-electron chi connectivity index (χ4n) is 0.956. The number of rotatable bonds is 7. The molecule has 0 saturated carbocycles. The highest BCUT2D eigenvalue weighted by Gasteiger charge is 2.05. The van der Waals surface area contributed by atoms with Gasteiger partial charge in [-0.3, -0.25) is 0 Å². The van der Waals surface area contributed by atoms with Crippen LogP contribution in [0.25, 0.3) is 0 Å². The highest BCUT2D eigenvalue weighted by atomic mass is 16.5. The summed E-state index contributed by atoms with van der Waals surface area (Å²) in [4.78, 5) is 1.37. The first-order chi connectivity index (χ1) is 5.68. The van der Waals surface area contributed by atoms with Crippen molar-refractivity contribution in [2.45, 2.75) is 45.8 Å². The number of nitrogens with one attached hydrogen (secondary N) is 1. The molecule has 1 N–H and O–H groups in total. The topological polar surface area (TPSA) is 13.7 Å². The van der Waals surface area contributed by atoms with E-state index in [1.54, 1.807) is 0 Å². The lowest BCUT2D eigenvalue weighted by molar-refractivity contribution is -0.908. The second kappa shape index (κ2) is 7.56. The Labute approximate surface area is 76.9 Å². The minimum Gasteiger partial charge on any atom is -0.330 e. The van der Waals surface area contributed by atoms with Gasteiger partial charge in [0.15, 0.2) is 6.23 Å². The molecule has 0 heterocycles. The summed E-state index contributed by atoms with van der Waals surface area (Å²) in [5, 5.41) is 0. The van der Waals surface area contributed by atoms with Crippen molar-refractivity contribution in [1.82, 2.24) is 0 Å². The first-order valence-electron chi connectivity index (χ1n) is 5.10. The van der Waals surface area contributed by atoms with Crippen LogP contribution in [0.5, 0.6) is 0 Å². The van der Waals surface area contributed by atoms with Crippen molar-refractivity contribution in [3.8, 4) is 0 Å². The van der Waals surface area contributed by atoms with Crippen LogP contribution in [-0.4, -0.2) is 26.9 Å². The van der Waals surface area contributed by atoms with E-state index in [1.165, 1.54) is 30.6 Å². The molecule has 0 radical (unpaired) electrons. The molecule has 0 saturated heterocycles. The highest BCUT2D eigenvalue weighted by molar-refractivity contribution is 4.39. The normalized spacial score (nSPS) is 13.8. The Hall–Kier alpha value is -0.0800. The van der Waals surface area contributed by atoms with Crippen LogP contribution in [0.2, 0.25) is 0 Å². The van der Waals surface area contributed by atoms with E-state index in [-0.39, 0.29) is 0 Å². The van der Waals surface area contributed by atoms with E-state index in [1.807, 2.05) is 0 Å². The third-order valence-electron chi connectivity index (χ3n) is 2.18. The predicted molar refractivity (Wildman–Crippen MR) is 52.4 cm³/mol. The Morgan fingerprint density at radius 2 is 1.83 bits per heavy atom. The van der Waals surface area contributed by atoms with Gasteiger partial charge in [0.25, 0.3) is 0 Å². The monoisotopic (exact) mass is 174 g/mol. The van der Waals surface area contributed by atoms with Gasteiger partial charge in [-0.15, -0.1) is 0 Å². The first kappa shape index (κ1) is 11.9. The Kier molecular flexibility index (Phi) is 7.51. The zero-order chi connectivity index (χ0) is 9.40. The minimum atomic E-state index is 0.339. The Morgan fingerprint density at radius 1 is 1.17 bits per heavy atom. The average molecular weight is 174 g/mol. The minimum absolute atomic E-state index is 0.339. The molecule has 0 aliphatic heterocycles. The molecule has 0 aromatic rings. The summed E-state index contributed by atoms with van der Waals surface area (Å²) in [6.07, 6.45) is 5.50. The maximum atomic E-state index is 5.61. The molecule has 0 aromatic carbocycles. The van der Waals surface area contributed by atoms with E-state index in [2.05, 4.69) is 27.9 Å². The van der Waals surface area contributed by atoms with Crippen LogP contribution < -0.4 is 4.90 Å². The molecule has 0 aliphatic carbocycles. The Balaban J connectivity index is 3.08. The number of ether oxygens (including phenoxy) is 1. The van der Waals surface area contributed by atoms with Crippen LogP contribution in [0.1, 0.15) is 39.5 Å². The van der Waals surface area contributed by atoms with Gasteiger partial charge in [-0.25, -0.2) is 0 Å². The standard InChI is InChI=1S/C10H23NO/c1-5-6-7-8-9-12-10(2)11(3)4/h10H,5-9H2,1-4H3/p+1. The van der Waals surface area contributed by atoms with Gasteiger partial charge in [0, 0.05) is 6.92 Å². The van der Waals surface area contributed by atoms with E-state index in [4.69, 9.17) is 4.74 Å². The zero-order valence-corrected chi connectivity index (χ0v) is 9.02.